The maximum Gasteiger partial charge on any atom is 0.225 e. The van der Waals surface area contributed by atoms with Gasteiger partial charge in [-0.1, -0.05) is 25.0 Å². The first kappa shape index (κ1) is 14.7. The Kier molecular flexibility index (Phi) is 4.06. The van der Waals surface area contributed by atoms with Gasteiger partial charge >= 0.3 is 0 Å². The van der Waals surface area contributed by atoms with E-state index in [1.54, 1.807) is 0 Å². The van der Waals surface area contributed by atoms with E-state index in [1.807, 2.05) is 6.07 Å². The summed E-state index contributed by atoms with van der Waals surface area (Å²) in [7, 11) is 0. The van der Waals surface area contributed by atoms with Gasteiger partial charge in [0.1, 0.15) is 5.82 Å². The lowest BCUT2D eigenvalue weighted by atomic mass is 10.1. The molecule has 0 amide bonds. The summed E-state index contributed by atoms with van der Waals surface area (Å²) in [5.74, 6) is 3.33. The molecule has 0 spiro atoms. The van der Waals surface area contributed by atoms with Gasteiger partial charge in [-0.05, 0) is 56.6 Å². The highest BCUT2D eigenvalue weighted by Gasteiger charge is 2.28. The van der Waals surface area contributed by atoms with E-state index in [-0.39, 0.29) is 0 Å². The number of hydrogen-bond acceptors (Lipinski definition) is 4. The molecule has 2 aliphatic carbocycles. The minimum absolute atomic E-state index is 0.482. The van der Waals surface area contributed by atoms with Crippen molar-refractivity contribution < 1.29 is 0 Å². The molecular formula is C19H26N4. The molecule has 4 nitrogen and oxygen atoms in total. The molecule has 2 N–H and O–H groups in total. The monoisotopic (exact) mass is 310 g/mol. The molecule has 122 valence electrons. The highest BCUT2D eigenvalue weighted by atomic mass is 15.1. The fourth-order valence-corrected chi connectivity index (χ4v) is 3.65. The van der Waals surface area contributed by atoms with Crippen LogP contribution in [0.15, 0.2) is 24.3 Å². The van der Waals surface area contributed by atoms with Gasteiger partial charge in [-0.15, -0.1) is 0 Å². The first-order valence-electron chi connectivity index (χ1n) is 9.07. The Balaban J connectivity index is 1.56. The van der Waals surface area contributed by atoms with Crippen LogP contribution in [0.25, 0.3) is 10.9 Å². The van der Waals surface area contributed by atoms with Crippen molar-refractivity contribution in [2.24, 2.45) is 11.8 Å². The Morgan fingerprint density at radius 3 is 2.65 bits per heavy atom. The normalized spacial score (nSPS) is 19.9. The molecule has 1 heterocycles. The predicted octanol–water partition coefficient (Wildman–Crippen LogP) is 4.44. The number of nitrogens with zero attached hydrogens (tertiary/aromatic N) is 2. The summed E-state index contributed by atoms with van der Waals surface area (Å²) >= 11 is 0. The van der Waals surface area contributed by atoms with E-state index >= 15 is 0 Å². The van der Waals surface area contributed by atoms with Gasteiger partial charge in [0.05, 0.1) is 5.52 Å². The summed E-state index contributed by atoms with van der Waals surface area (Å²) in [5.41, 5.74) is 1.02. The van der Waals surface area contributed by atoms with Crippen molar-refractivity contribution >= 4 is 22.7 Å². The van der Waals surface area contributed by atoms with Crippen LogP contribution in [0.1, 0.15) is 45.4 Å². The molecule has 2 fully saturated rings. The minimum Gasteiger partial charge on any atom is -0.367 e. The summed E-state index contributed by atoms with van der Waals surface area (Å²) in [6, 6.07) is 8.77. The number of benzene rings is 1. The standard InChI is InChI=1S/C19H26N4/c1-13(15-10-11-15)21-18-16-8-4-5-9-17(16)22-19(23-18)20-12-14-6-2-3-7-14/h4-5,8-9,13-15H,2-3,6-7,10-12H2,1H3,(H2,20,21,22,23). The van der Waals surface area contributed by atoms with Crippen LogP contribution in [0.5, 0.6) is 0 Å². The zero-order chi connectivity index (χ0) is 15.6. The van der Waals surface area contributed by atoms with Gasteiger partial charge in [-0.3, -0.25) is 0 Å². The SMILES string of the molecule is CC(Nc1nc(NCC2CCCC2)nc2ccccc12)C1CC1. The number of hydrogen-bond donors (Lipinski definition) is 2. The smallest absolute Gasteiger partial charge is 0.225 e. The van der Waals surface area contributed by atoms with Crippen molar-refractivity contribution in [3.63, 3.8) is 0 Å². The predicted molar refractivity (Wildman–Crippen MR) is 95.8 cm³/mol. The van der Waals surface area contributed by atoms with Gasteiger partial charge in [-0.2, -0.15) is 4.98 Å². The topological polar surface area (TPSA) is 49.8 Å². The summed E-state index contributed by atoms with van der Waals surface area (Å²) in [6.07, 6.45) is 8.09. The second-order valence-electron chi connectivity index (χ2n) is 7.21. The Morgan fingerprint density at radius 2 is 1.87 bits per heavy atom. The van der Waals surface area contributed by atoms with Gasteiger partial charge in [0.15, 0.2) is 0 Å². The molecule has 1 aromatic heterocycles. The van der Waals surface area contributed by atoms with E-state index in [1.165, 1.54) is 38.5 Å². The number of rotatable bonds is 6. The first-order valence-corrected chi connectivity index (χ1v) is 9.07. The van der Waals surface area contributed by atoms with Crippen LogP contribution in [0, 0.1) is 11.8 Å². The van der Waals surface area contributed by atoms with E-state index in [2.05, 4.69) is 35.8 Å². The molecule has 4 heteroatoms. The maximum absolute atomic E-state index is 4.78. The van der Waals surface area contributed by atoms with Gasteiger partial charge in [0.25, 0.3) is 0 Å². The summed E-state index contributed by atoms with van der Waals surface area (Å²) in [4.78, 5) is 9.48. The second kappa shape index (κ2) is 6.34. The zero-order valence-corrected chi connectivity index (χ0v) is 13.9. The fraction of sp³-hybridized carbons (Fsp3) is 0.579. The van der Waals surface area contributed by atoms with Crippen LogP contribution in [-0.2, 0) is 0 Å². The van der Waals surface area contributed by atoms with Gasteiger partial charge < -0.3 is 10.6 Å². The second-order valence-corrected chi connectivity index (χ2v) is 7.21. The lowest BCUT2D eigenvalue weighted by Crippen LogP contribution is -2.19. The van der Waals surface area contributed by atoms with Crippen LogP contribution in [-0.4, -0.2) is 22.6 Å². The van der Waals surface area contributed by atoms with Crippen molar-refractivity contribution in [3.8, 4) is 0 Å². The molecule has 2 aliphatic rings. The molecular weight excluding hydrogens is 284 g/mol. The number of anilines is 2. The van der Waals surface area contributed by atoms with Crippen LogP contribution >= 0.6 is 0 Å². The fourth-order valence-electron chi connectivity index (χ4n) is 3.65. The van der Waals surface area contributed by atoms with Crippen molar-refractivity contribution in [2.75, 3.05) is 17.2 Å². The highest BCUT2D eigenvalue weighted by molar-refractivity contribution is 5.90. The average molecular weight is 310 g/mol. The molecule has 4 rings (SSSR count). The number of fused-ring (bicyclic) bond motifs is 1. The molecule has 0 aliphatic heterocycles. The Morgan fingerprint density at radius 1 is 1.09 bits per heavy atom. The largest absolute Gasteiger partial charge is 0.367 e. The Hall–Kier alpha value is -1.84. The quantitative estimate of drug-likeness (QED) is 0.828. The maximum atomic E-state index is 4.78. The van der Waals surface area contributed by atoms with E-state index in [4.69, 9.17) is 9.97 Å². The van der Waals surface area contributed by atoms with E-state index in [9.17, 15) is 0 Å². The van der Waals surface area contributed by atoms with E-state index < -0.39 is 0 Å². The number of nitrogens with one attached hydrogen (secondary N) is 2. The van der Waals surface area contributed by atoms with Gasteiger partial charge in [0, 0.05) is 18.0 Å². The molecule has 0 bridgehead atoms. The van der Waals surface area contributed by atoms with Crippen molar-refractivity contribution in [3.05, 3.63) is 24.3 Å². The van der Waals surface area contributed by atoms with Crippen molar-refractivity contribution in [2.45, 2.75) is 51.5 Å². The van der Waals surface area contributed by atoms with Gasteiger partial charge in [0.2, 0.25) is 5.95 Å². The summed E-state index contributed by atoms with van der Waals surface area (Å²) in [6.45, 7) is 3.26. The lowest BCUT2D eigenvalue weighted by Gasteiger charge is -2.17. The van der Waals surface area contributed by atoms with Crippen LogP contribution in [0.3, 0.4) is 0 Å². The third-order valence-corrected chi connectivity index (χ3v) is 5.32. The molecule has 2 aromatic rings. The first-order chi connectivity index (χ1) is 11.3. The lowest BCUT2D eigenvalue weighted by molar-refractivity contribution is 0.578. The average Bonchev–Trinajstić information content (AvgIpc) is 3.30. The number of aromatic nitrogens is 2. The third kappa shape index (κ3) is 3.41. The molecule has 1 aromatic carbocycles. The summed E-state index contributed by atoms with van der Waals surface area (Å²) in [5, 5.41) is 8.22. The van der Waals surface area contributed by atoms with Gasteiger partial charge in [-0.25, -0.2) is 4.98 Å². The number of para-hydroxylation sites is 1. The molecule has 23 heavy (non-hydrogen) atoms. The van der Waals surface area contributed by atoms with Crippen LogP contribution < -0.4 is 10.6 Å². The molecule has 2 saturated carbocycles. The summed E-state index contributed by atoms with van der Waals surface area (Å²) < 4.78 is 0. The third-order valence-electron chi connectivity index (χ3n) is 5.32. The minimum atomic E-state index is 0.482. The zero-order valence-electron chi connectivity index (χ0n) is 13.9. The molecule has 0 radical (unpaired) electrons. The van der Waals surface area contributed by atoms with Crippen LogP contribution in [0.4, 0.5) is 11.8 Å². The highest BCUT2D eigenvalue weighted by Crippen LogP contribution is 2.35. The Bertz CT molecular complexity index is 674. The van der Waals surface area contributed by atoms with Crippen molar-refractivity contribution in [1.82, 2.24) is 9.97 Å². The Labute approximate surface area is 138 Å². The van der Waals surface area contributed by atoms with E-state index in [0.29, 0.717) is 6.04 Å². The van der Waals surface area contributed by atoms with E-state index in [0.717, 1.165) is 41.0 Å². The molecule has 1 unspecified atom stereocenters. The van der Waals surface area contributed by atoms with Crippen molar-refractivity contribution in [1.29, 1.82) is 0 Å². The molecule has 1 atom stereocenters. The molecule has 0 saturated heterocycles. The van der Waals surface area contributed by atoms with Crippen LogP contribution in [0.2, 0.25) is 0 Å².